The van der Waals surface area contributed by atoms with Crippen LogP contribution in [0.3, 0.4) is 0 Å². The minimum atomic E-state index is -3.19. The van der Waals surface area contributed by atoms with Gasteiger partial charge in [0.05, 0.1) is 22.5 Å². The number of thiazole rings is 1. The molecule has 0 aromatic carbocycles. The van der Waals surface area contributed by atoms with Crippen molar-refractivity contribution in [2.75, 3.05) is 5.75 Å². The predicted octanol–water partition coefficient (Wildman–Crippen LogP) is 2.62. The summed E-state index contributed by atoms with van der Waals surface area (Å²) in [5.41, 5.74) is 0.812. The molecule has 0 amide bonds. The van der Waals surface area contributed by atoms with Gasteiger partial charge in [-0.25, -0.2) is 18.1 Å². The first-order chi connectivity index (χ1) is 8.46. The van der Waals surface area contributed by atoms with Crippen molar-refractivity contribution in [1.82, 2.24) is 9.71 Å². The van der Waals surface area contributed by atoms with Crippen LogP contribution in [0.5, 0.6) is 0 Å². The topological polar surface area (TPSA) is 59.1 Å². The normalized spacial score (nSPS) is 19.2. The van der Waals surface area contributed by atoms with Gasteiger partial charge in [0, 0.05) is 5.38 Å². The van der Waals surface area contributed by atoms with Gasteiger partial charge < -0.3 is 0 Å². The lowest BCUT2D eigenvalue weighted by Crippen LogP contribution is -2.31. The molecular weight excluding hydrogens is 268 g/mol. The summed E-state index contributed by atoms with van der Waals surface area (Å²) < 4.78 is 26.8. The summed E-state index contributed by atoms with van der Waals surface area (Å²) in [6.45, 7) is 3.77. The van der Waals surface area contributed by atoms with Crippen molar-refractivity contribution < 1.29 is 8.42 Å². The molecule has 1 N–H and O–H groups in total. The van der Waals surface area contributed by atoms with Crippen LogP contribution in [0.25, 0.3) is 0 Å². The van der Waals surface area contributed by atoms with E-state index in [1.165, 1.54) is 12.8 Å². The van der Waals surface area contributed by atoms with E-state index in [9.17, 15) is 8.42 Å². The Labute approximate surface area is 113 Å². The van der Waals surface area contributed by atoms with Crippen molar-refractivity contribution in [3.63, 3.8) is 0 Å². The van der Waals surface area contributed by atoms with Crippen LogP contribution < -0.4 is 4.72 Å². The summed E-state index contributed by atoms with van der Waals surface area (Å²) in [4.78, 5) is 4.32. The largest absolute Gasteiger partial charge is 0.245 e. The van der Waals surface area contributed by atoms with Gasteiger partial charge in [-0.15, -0.1) is 11.3 Å². The molecule has 1 aromatic heterocycles. The van der Waals surface area contributed by atoms with Crippen LogP contribution in [0.4, 0.5) is 0 Å². The zero-order chi connectivity index (χ0) is 13.2. The van der Waals surface area contributed by atoms with E-state index in [1.54, 1.807) is 11.3 Å². The number of rotatable bonds is 5. The Kier molecular flexibility index (Phi) is 4.40. The highest BCUT2D eigenvalue weighted by Crippen LogP contribution is 2.26. The number of aryl methyl sites for hydroxylation is 1. The smallest absolute Gasteiger partial charge is 0.212 e. The van der Waals surface area contributed by atoms with Crippen LogP contribution in [0, 0.1) is 12.8 Å². The van der Waals surface area contributed by atoms with Gasteiger partial charge in [0.25, 0.3) is 0 Å². The van der Waals surface area contributed by atoms with E-state index in [0.717, 1.165) is 23.5 Å². The molecule has 0 spiro atoms. The molecule has 4 nitrogen and oxygen atoms in total. The molecule has 1 unspecified atom stereocenters. The molecule has 0 bridgehead atoms. The molecule has 1 aliphatic carbocycles. The van der Waals surface area contributed by atoms with Gasteiger partial charge in [0.15, 0.2) is 0 Å². The third-order valence-electron chi connectivity index (χ3n) is 3.37. The molecule has 6 heteroatoms. The SMILES string of the molecule is Cc1nc(C(C)NS(=O)(=O)CC2CCCC2)cs1. The van der Waals surface area contributed by atoms with Gasteiger partial charge >= 0.3 is 0 Å². The molecule has 1 heterocycles. The summed E-state index contributed by atoms with van der Waals surface area (Å²) in [6, 6.07) is -0.235. The van der Waals surface area contributed by atoms with Crippen LogP contribution in [-0.2, 0) is 10.0 Å². The Bertz CT molecular complexity index is 490. The van der Waals surface area contributed by atoms with Crippen molar-refractivity contribution in [2.24, 2.45) is 5.92 Å². The van der Waals surface area contributed by atoms with Crippen LogP contribution in [0.2, 0.25) is 0 Å². The van der Waals surface area contributed by atoms with E-state index in [-0.39, 0.29) is 11.8 Å². The van der Waals surface area contributed by atoms with Crippen molar-refractivity contribution >= 4 is 21.4 Å². The van der Waals surface area contributed by atoms with Crippen molar-refractivity contribution in [2.45, 2.75) is 45.6 Å². The molecule has 18 heavy (non-hydrogen) atoms. The fraction of sp³-hybridized carbons (Fsp3) is 0.750. The highest BCUT2D eigenvalue weighted by atomic mass is 32.2. The summed E-state index contributed by atoms with van der Waals surface area (Å²) in [5, 5.41) is 2.88. The second-order valence-electron chi connectivity index (χ2n) is 5.06. The highest BCUT2D eigenvalue weighted by molar-refractivity contribution is 7.89. The lowest BCUT2D eigenvalue weighted by molar-refractivity contribution is 0.535. The Morgan fingerprint density at radius 2 is 2.17 bits per heavy atom. The lowest BCUT2D eigenvalue weighted by atomic mass is 10.1. The summed E-state index contributed by atoms with van der Waals surface area (Å²) >= 11 is 1.55. The number of hydrogen-bond acceptors (Lipinski definition) is 4. The van der Waals surface area contributed by atoms with Crippen LogP contribution in [-0.4, -0.2) is 19.2 Å². The molecule has 0 saturated heterocycles. The van der Waals surface area contributed by atoms with Gasteiger partial charge in [-0.2, -0.15) is 0 Å². The van der Waals surface area contributed by atoms with Crippen LogP contribution in [0.15, 0.2) is 5.38 Å². The maximum Gasteiger partial charge on any atom is 0.212 e. The average molecular weight is 288 g/mol. The molecule has 1 aromatic rings. The van der Waals surface area contributed by atoms with E-state index >= 15 is 0 Å². The minimum absolute atomic E-state index is 0.235. The monoisotopic (exact) mass is 288 g/mol. The molecule has 1 aliphatic rings. The number of hydrogen-bond donors (Lipinski definition) is 1. The molecular formula is C12H20N2O2S2. The maximum atomic E-state index is 12.0. The molecule has 1 atom stereocenters. The first kappa shape index (κ1) is 14.0. The van der Waals surface area contributed by atoms with E-state index in [1.807, 2.05) is 19.2 Å². The molecule has 1 saturated carbocycles. The average Bonchev–Trinajstić information content (AvgIpc) is 2.87. The zero-order valence-corrected chi connectivity index (χ0v) is 12.5. The first-order valence-corrected chi connectivity index (χ1v) is 8.91. The van der Waals surface area contributed by atoms with Crippen molar-refractivity contribution in [3.8, 4) is 0 Å². The van der Waals surface area contributed by atoms with E-state index < -0.39 is 10.0 Å². The maximum absolute atomic E-state index is 12.0. The molecule has 1 fully saturated rings. The van der Waals surface area contributed by atoms with Crippen LogP contribution in [0.1, 0.15) is 49.4 Å². The zero-order valence-electron chi connectivity index (χ0n) is 10.8. The lowest BCUT2D eigenvalue weighted by Gasteiger charge is -2.15. The van der Waals surface area contributed by atoms with E-state index in [0.29, 0.717) is 5.92 Å². The second kappa shape index (κ2) is 5.67. The van der Waals surface area contributed by atoms with E-state index in [2.05, 4.69) is 9.71 Å². The standard InChI is InChI=1S/C12H20N2O2S2/c1-9(12-7-17-10(2)13-12)14-18(15,16)8-11-5-3-4-6-11/h7,9,11,14H,3-6,8H2,1-2H3. The predicted molar refractivity (Wildman–Crippen MR) is 74.1 cm³/mol. The Hall–Kier alpha value is -0.460. The fourth-order valence-corrected chi connectivity index (χ4v) is 4.86. The Morgan fingerprint density at radius 3 is 2.72 bits per heavy atom. The quantitative estimate of drug-likeness (QED) is 0.906. The third-order valence-corrected chi connectivity index (χ3v) is 5.78. The molecule has 0 radical (unpaired) electrons. The van der Waals surface area contributed by atoms with Gasteiger partial charge in [0.1, 0.15) is 0 Å². The minimum Gasteiger partial charge on any atom is -0.245 e. The third kappa shape index (κ3) is 3.76. The van der Waals surface area contributed by atoms with Crippen molar-refractivity contribution in [3.05, 3.63) is 16.1 Å². The summed E-state index contributed by atoms with van der Waals surface area (Å²) in [7, 11) is -3.19. The molecule has 2 rings (SSSR count). The van der Waals surface area contributed by atoms with Gasteiger partial charge in [-0.1, -0.05) is 12.8 Å². The fourth-order valence-electron chi connectivity index (χ4n) is 2.44. The number of sulfonamides is 1. The van der Waals surface area contributed by atoms with Gasteiger partial charge in [-0.3, -0.25) is 0 Å². The van der Waals surface area contributed by atoms with Crippen LogP contribution >= 0.6 is 11.3 Å². The number of nitrogens with one attached hydrogen (secondary N) is 1. The Morgan fingerprint density at radius 1 is 1.50 bits per heavy atom. The summed E-state index contributed by atoms with van der Waals surface area (Å²) in [5.74, 6) is 0.604. The highest BCUT2D eigenvalue weighted by Gasteiger charge is 2.24. The molecule has 0 aliphatic heterocycles. The van der Waals surface area contributed by atoms with Gasteiger partial charge in [-0.05, 0) is 32.6 Å². The van der Waals surface area contributed by atoms with Crippen molar-refractivity contribution in [1.29, 1.82) is 0 Å². The van der Waals surface area contributed by atoms with Gasteiger partial charge in [0.2, 0.25) is 10.0 Å². The molecule has 102 valence electrons. The number of aromatic nitrogens is 1. The Balaban J connectivity index is 1.94. The second-order valence-corrected chi connectivity index (χ2v) is 7.92. The first-order valence-electron chi connectivity index (χ1n) is 6.38. The van der Waals surface area contributed by atoms with E-state index in [4.69, 9.17) is 0 Å². The number of nitrogens with zero attached hydrogens (tertiary/aromatic N) is 1. The summed E-state index contributed by atoms with van der Waals surface area (Å²) in [6.07, 6.45) is 4.43.